The second-order valence-electron chi connectivity index (χ2n) is 4.63. The van der Waals surface area contributed by atoms with Gasteiger partial charge in [-0.05, 0) is 31.0 Å². The van der Waals surface area contributed by atoms with Crippen LogP contribution in [0.4, 0.5) is 5.69 Å². The fourth-order valence-corrected chi connectivity index (χ4v) is 2.49. The van der Waals surface area contributed by atoms with E-state index in [9.17, 15) is 0 Å². The maximum absolute atomic E-state index is 8.83. The SMILES string of the molecule is N#Cc1ccc(Cl)c(N2CC3(CC3)C2)c1. The van der Waals surface area contributed by atoms with Crippen LogP contribution in [0.1, 0.15) is 18.4 Å². The van der Waals surface area contributed by atoms with Crippen LogP contribution < -0.4 is 4.90 Å². The smallest absolute Gasteiger partial charge is 0.0992 e. The van der Waals surface area contributed by atoms with Gasteiger partial charge in [0.15, 0.2) is 0 Å². The highest BCUT2D eigenvalue weighted by molar-refractivity contribution is 6.33. The summed E-state index contributed by atoms with van der Waals surface area (Å²) in [5.74, 6) is 0. The van der Waals surface area contributed by atoms with E-state index < -0.39 is 0 Å². The van der Waals surface area contributed by atoms with Gasteiger partial charge >= 0.3 is 0 Å². The lowest BCUT2D eigenvalue weighted by atomic mass is 9.96. The number of halogens is 1. The molecule has 0 bridgehead atoms. The van der Waals surface area contributed by atoms with Crippen molar-refractivity contribution in [1.29, 1.82) is 5.26 Å². The van der Waals surface area contributed by atoms with Crippen LogP contribution in [0.2, 0.25) is 5.02 Å². The Morgan fingerprint density at radius 3 is 2.67 bits per heavy atom. The molecule has 0 aromatic heterocycles. The van der Waals surface area contributed by atoms with Gasteiger partial charge in [0.25, 0.3) is 0 Å². The molecule has 1 aromatic carbocycles. The molecule has 15 heavy (non-hydrogen) atoms. The van der Waals surface area contributed by atoms with Crippen molar-refractivity contribution in [3.05, 3.63) is 28.8 Å². The predicted octanol–water partition coefficient (Wildman–Crippen LogP) is 2.81. The molecule has 0 radical (unpaired) electrons. The van der Waals surface area contributed by atoms with Crippen molar-refractivity contribution < 1.29 is 0 Å². The highest BCUT2D eigenvalue weighted by Crippen LogP contribution is 2.54. The second-order valence-corrected chi connectivity index (χ2v) is 5.04. The lowest BCUT2D eigenvalue weighted by Gasteiger charge is -2.42. The third-order valence-corrected chi connectivity index (χ3v) is 3.75. The molecule has 1 aromatic rings. The average molecular weight is 219 g/mol. The Morgan fingerprint density at radius 1 is 1.33 bits per heavy atom. The number of hydrogen-bond donors (Lipinski definition) is 0. The Labute approximate surface area is 94.1 Å². The first-order valence-corrected chi connectivity index (χ1v) is 5.55. The molecular formula is C12H11ClN2. The molecule has 2 fully saturated rings. The van der Waals surface area contributed by atoms with E-state index in [1.165, 1.54) is 12.8 Å². The Kier molecular flexibility index (Phi) is 1.75. The monoisotopic (exact) mass is 218 g/mol. The van der Waals surface area contributed by atoms with Gasteiger partial charge in [0, 0.05) is 18.5 Å². The summed E-state index contributed by atoms with van der Waals surface area (Å²) in [5, 5.41) is 9.58. The minimum absolute atomic E-state index is 0.617. The summed E-state index contributed by atoms with van der Waals surface area (Å²) in [6, 6.07) is 7.61. The van der Waals surface area contributed by atoms with Gasteiger partial charge in [-0.25, -0.2) is 0 Å². The summed E-state index contributed by atoms with van der Waals surface area (Å²) in [4.78, 5) is 2.27. The van der Waals surface area contributed by atoms with E-state index in [0.717, 1.165) is 23.8 Å². The topological polar surface area (TPSA) is 27.0 Å². The van der Waals surface area contributed by atoms with E-state index in [1.54, 1.807) is 6.07 Å². The van der Waals surface area contributed by atoms with E-state index in [0.29, 0.717) is 11.0 Å². The summed E-state index contributed by atoms with van der Waals surface area (Å²) in [6.45, 7) is 2.23. The largest absolute Gasteiger partial charge is 0.369 e. The fraction of sp³-hybridized carbons (Fsp3) is 0.417. The molecule has 1 aliphatic carbocycles. The molecule has 1 heterocycles. The van der Waals surface area contributed by atoms with Gasteiger partial charge < -0.3 is 4.90 Å². The number of benzene rings is 1. The number of nitrogens with zero attached hydrogens (tertiary/aromatic N) is 2. The van der Waals surface area contributed by atoms with Gasteiger partial charge in [-0.1, -0.05) is 11.6 Å². The number of nitriles is 1. The minimum atomic E-state index is 0.617. The first-order valence-electron chi connectivity index (χ1n) is 5.17. The molecule has 3 heteroatoms. The first kappa shape index (κ1) is 9.06. The van der Waals surface area contributed by atoms with Crippen LogP contribution in [0, 0.1) is 16.7 Å². The summed E-state index contributed by atoms with van der Waals surface area (Å²) in [6.07, 6.45) is 2.72. The lowest BCUT2D eigenvalue weighted by molar-refractivity contribution is 0.387. The Hall–Kier alpha value is -1.20. The van der Waals surface area contributed by atoms with Crippen molar-refractivity contribution in [2.24, 2.45) is 5.41 Å². The van der Waals surface area contributed by atoms with Gasteiger partial charge in [0.2, 0.25) is 0 Å². The van der Waals surface area contributed by atoms with Gasteiger partial charge in [0.1, 0.15) is 0 Å². The first-order chi connectivity index (χ1) is 7.22. The lowest BCUT2D eigenvalue weighted by Crippen LogP contribution is -2.48. The molecule has 0 N–H and O–H groups in total. The zero-order valence-corrected chi connectivity index (χ0v) is 9.09. The number of hydrogen-bond acceptors (Lipinski definition) is 2. The predicted molar refractivity (Wildman–Crippen MR) is 60.0 cm³/mol. The quantitative estimate of drug-likeness (QED) is 0.725. The maximum atomic E-state index is 8.83. The molecule has 0 unspecified atom stereocenters. The Balaban J connectivity index is 1.88. The van der Waals surface area contributed by atoms with Crippen LogP contribution in [0.3, 0.4) is 0 Å². The van der Waals surface area contributed by atoms with E-state index in [4.69, 9.17) is 16.9 Å². The van der Waals surface area contributed by atoms with E-state index in [1.807, 2.05) is 12.1 Å². The summed E-state index contributed by atoms with van der Waals surface area (Å²) in [7, 11) is 0. The minimum Gasteiger partial charge on any atom is -0.369 e. The van der Waals surface area contributed by atoms with E-state index >= 15 is 0 Å². The molecule has 2 nitrogen and oxygen atoms in total. The highest BCUT2D eigenvalue weighted by atomic mass is 35.5. The number of rotatable bonds is 1. The molecular weight excluding hydrogens is 208 g/mol. The van der Waals surface area contributed by atoms with Crippen molar-refractivity contribution >= 4 is 17.3 Å². The van der Waals surface area contributed by atoms with Crippen molar-refractivity contribution in [3.63, 3.8) is 0 Å². The summed E-state index contributed by atoms with van der Waals surface area (Å²) < 4.78 is 0. The summed E-state index contributed by atoms with van der Waals surface area (Å²) in [5.41, 5.74) is 2.32. The second kappa shape index (κ2) is 2.90. The third kappa shape index (κ3) is 1.39. The zero-order chi connectivity index (χ0) is 10.5. The zero-order valence-electron chi connectivity index (χ0n) is 8.33. The molecule has 76 valence electrons. The van der Waals surface area contributed by atoms with Crippen LogP contribution in [-0.4, -0.2) is 13.1 Å². The van der Waals surface area contributed by atoms with Crippen molar-refractivity contribution in [2.45, 2.75) is 12.8 Å². The van der Waals surface area contributed by atoms with Crippen LogP contribution in [0.15, 0.2) is 18.2 Å². The Morgan fingerprint density at radius 2 is 2.07 bits per heavy atom. The van der Waals surface area contributed by atoms with Crippen molar-refractivity contribution in [3.8, 4) is 6.07 Å². The molecule has 0 amide bonds. The molecule has 3 rings (SSSR count). The van der Waals surface area contributed by atoms with E-state index in [2.05, 4.69) is 11.0 Å². The van der Waals surface area contributed by atoms with Crippen LogP contribution in [0.25, 0.3) is 0 Å². The normalized spacial score (nSPS) is 20.9. The van der Waals surface area contributed by atoms with Crippen LogP contribution >= 0.6 is 11.6 Å². The van der Waals surface area contributed by atoms with Crippen molar-refractivity contribution in [2.75, 3.05) is 18.0 Å². The molecule has 1 saturated heterocycles. The van der Waals surface area contributed by atoms with Gasteiger partial charge in [-0.2, -0.15) is 5.26 Å². The van der Waals surface area contributed by atoms with Crippen molar-refractivity contribution in [1.82, 2.24) is 0 Å². The van der Waals surface area contributed by atoms with Crippen LogP contribution in [0.5, 0.6) is 0 Å². The molecule has 1 aliphatic heterocycles. The fourth-order valence-electron chi connectivity index (χ4n) is 2.25. The summed E-state index contributed by atoms with van der Waals surface area (Å²) >= 11 is 6.12. The van der Waals surface area contributed by atoms with Gasteiger partial charge in [0.05, 0.1) is 22.3 Å². The molecule has 1 saturated carbocycles. The van der Waals surface area contributed by atoms with Crippen LogP contribution in [-0.2, 0) is 0 Å². The number of anilines is 1. The standard InChI is InChI=1S/C12H11ClN2/c13-10-2-1-9(6-14)5-11(10)15-7-12(8-15)3-4-12/h1-2,5H,3-4,7-8H2. The molecule has 2 aliphatic rings. The third-order valence-electron chi connectivity index (χ3n) is 3.43. The Bertz CT molecular complexity index is 449. The molecule has 1 spiro atoms. The van der Waals surface area contributed by atoms with E-state index in [-0.39, 0.29) is 0 Å². The maximum Gasteiger partial charge on any atom is 0.0992 e. The van der Waals surface area contributed by atoms with Gasteiger partial charge in [-0.3, -0.25) is 0 Å². The molecule has 0 atom stereocenters. The highest BCUT2D eigenvalue weighted by Gasteiger charge is 2.52. The average Bonchev–Trinajstić information content (AvgIpc) is 2.96. The van der Waals surface area contributed by atoms with Gasteiger partial charge in [-0.15, -0.1) is 0 Å².